The molecule has 2 saturated heterocycles. The molecule has 5 heteroatoms. The number of carbonyl (C=O) groups is 1. The first kappa shape index (κ1) is 16.6. The summed E-state index contributed by atoms with van der Waals surface area (Å²) in [5.41, 5.74) is -0.414. The predicted octanol–water partition coefficient (Wildman–Crippen LogP) is 2.50. The minimum Gasteiger partial charge on any atom is -0.444 e. The first-order chi connectivity index (χ1) is 9.94. The Labute approximate surface area is 128 Å². The quantitative estimate of drug-likeness (QED) is 0.803. The zero-order chi connectivity index (χ0) is 15.3. The molecule has 0 aromatic rings. The van der Waals surface area contributed by atoms with Gasteiger partial charge in [-0.05, 0) is 53.0 Å². The van der Waals surface area contributed by atoms with Crippen molar-refractivity contribution in [3.8, 4) is 0 Å². The average molecular weight is 298 g/mol. The molecule has 1 atom stereocenters. The molecule has 2 heterocycles. The highest BCUT2D eigenvalue weighted by molar-refractivity contribution is 5.68. The summed E-state index contributed by atoms with van der Waals surface area (Å²) >= 11 is 0. The standard InChI is InChI=1S/C16H30N2O3/c1-16(2,3)21-15(19)18-9-5-8-17(11-12-18)10-7-14-6-4-13-20-14/h14H,4-13H2,1-3H3. The van der Waals surface area contributed by atoms with Crippen molar-refractivity contribution in [2.45, 2.75) is 58.2 Å². The molecule has 1 amide bonds. The molecule has 0 spiro atoms. The van der Waals surface area contributed by atoms with E-state index in [2.05, 4.69) is 4.90 Å². The molecule has 0 radical (unpaired) electrons. The van der Waals surface area contributed by atoms with Crippen molar-refractivity contribution in [3.05, 3.63) is 0 Å². The molecule has 0 aliphatic carbocycles. The van der Waals surface area contributed by atoms with Crippen molar-refractivity contribution in [2.24, 2.45) is 0 Å². The molecule has 21 heavy (non-hydrogen) atoms. The van der Waals surface area contributed by atoms with E-state index in [0.717, 1.165) is 52.2 Å². The van der Waals surface area contributed by atoms with Gasteiger partial charge in [0.15, 0.2) is 0 Å². The molecular formula is C16H30N2O3. The Balaban J connectivity index is 1.72. The fraction of sp³-hybridized carbons (Fsp3) is 0.938. The lowest BCUT2D eigenvalue weighted by molar-refractivity contribution is 0.0256. The van der Waals surface area contributed by atoms with Crippen molar-refractivity contribution in [1.82, 2.24) is 9.80 Å². The fourth-order valence-electron chi connectivity index (χ4n) is 2.90. The normalized spacial score (nSPS) is 24.9. The first-order valence-corrected chi connectivity index (χ1v) is 8.26. The third-order valence-corrected chi connectivity index (χ3v) is 4.03. The highest BCUT2D eigenvalue weighted by Gasteiger charge is 2.25. The molecule has 5 nitrogen and oxygen atoms in total. The third-order valence-electron chi connectivity index (χ3n) is 4.03. The van der Waals surface area contributed by atoms with Crippen LogP contribution in [0.25, 0.3) is 0 Å². The number of hydrogen-bond donors (Lipinski definition) is 0. The van der Waals surface area contributed by atoms with E-state index in [0.29, 0.717) is 6.10 Å². The largest absolute Gasteiger partial charge is 0.444 e. The third kappa shape index (κ3) is 5.83. The van der Waals surface area contributed by atoms with Gasteiger partial charge in [0.05, 0.1) is 6.10 Å². The van der Waals surface area contributed by atoms with Crippen LogP contribution >= 0.6 is 0 Å². The minimum absolute atomic E-state index is 0.177. The lowest BCUT2D eigenvalue weighted by atomic mass is 10.2. The van der Waals surface area contributed by atoms with Gasteiger partial charge in [0.2, 0.25) is 0 Å². The van der Waals surface area contributed by atoms with Crippen LogP contribution in [-0.4, -0.2) is 66.9 Å². The smallest absolute Gasteiger partial charge is 0.410 e. The summed E-state index contributed by atoms with van der Waals surface area (Å²) < 4.78 is 11.1. The first-order valence-electron chi connectivity index (χ1n) is 8.26. The number of rotatable bonds is 3. The summed E-state index contributed by atoms with van der Waals surface area (Å²) in [6, 6.07) is 0. The molecule has 2 aliphatic heterocycles. The van der Waals surface area contributed by atoms with E-state index < -0.39 is 5.60 Å². The van der Waals surface area contributed by atoms with Crippen LogP contribution in [0.1, 0.15) is 46.5 Å². The topological polar surface area (TPSA) is 42.0 Å². The second kappa shape index (κ2) is 7.45. The van der Waals surface area contributed by atoms with Crippen LogP contribution in [0.4, 0.5) is 4.79 Å². The highest BCUT2D eigenvalue weighted by atomic mass is 16.6. The highest BCUT2D eigenvalue weighted by Crippen LogP contribution is 2.17. The van der Waals surface area contributed by atoms with Crippen molar-refractivity contribution < 1.29 is 14.3 Å². The predicted molar refractivity (Wildman–Crippen MR) is 82.5 cm³/mol. The average Bonchev–Trinajstić information content (AvgIpc) is 2.78. The van der Waals surface area contributed by atoms with Gasteiger partial charge in [-0.25, -0.2) is 4.79 Å². The number of nitrogens with zero attached hydrogens (tertiary/aromatic N) is 2. The van der Waals surface area contributed by atoms with Gasteiger partial charge in [-0.15, -0.1) is 0 Å². The molecule has 0 aromatic heterocycles. The molecule has 0 aromatic carbocycles. The maximum Gasteiger partial charge on any atom is 0.410 e. The Bertz CT molecular complexity index is 335. The Hall–Kier alpha value is -0.810. The molecular weight excluding hydrogens is 268 g/mol. The summed E-state index contributed by atoms with van der Waals surface area (Å²) in [6.45, 7) is 11.3. The summed E-state index contributed by atoms with van der Waals surface area (Å²) in [6.07, 6.45) is 4.82. The number of amides is 1. The molecule has 0 bridgehead atoms. The molecule has 2 fully saturated rings. The van der Waals surface area contributed by atoms with Gasteiger partial charge in [-0.1, -0.05) is 0 Å². The zero-order valence-corrected chi connectivity index (χ0v) is 13.8. The van der Waals surface area contributed by atoms with Gasteiger partial charge in [0.1, 0.15) is 5.60 Å². The van der Waals surface area contributed by atoms with Crippen LogP contribution in [0.5, 0.6) is 0 Å². The van der Waals surface area contributed by atoms with Gasteiger partial charge < -0.3 is 19.3 Å². The minimum atomic E-state index is -0.414. The van der Waals surface area contributed by atoms with Gasteiger partial charge in [-0.2, -0.15) is 0 Å². The van der Waals surface area contributed by atoms with E-state index in [1.54, 1.807) is 0 Å². The maximum atomic E-state index is 12.1. The molecule has 2 rings (SSSR count). The van der Waals surface area contributed by atoms with E-state index in [-0.39, 0.29) is 6.09 Å². The lowest BCUT2D eigenvalue weighted by Gasteiger charge is -2.26. The molecule has 122 valence electrons. The summed E-state index contributed by atoms with van der Waals surface area (Å²) in [4.78, 5) is 16.4. The van der Waals surface area contributed by atoms with Crippen molar-refractivity contribution in [1.29, 1.82) is 0 Å². The summed E-state index contributed by atoms with van der Waals surface area (Å²) in [5.74, 6) is 0. The van der Waals surface area contributed by atoms with Gasteiger partial charge >= 0.3 is 6.09 Å². The van der Waals surface area contributed by atoms with Crippen LogP contribution in [0.2, 0.25) is 0 Å². The Morgan fingerprint density at radius 1 is 1.19 bits per heavy atom. The molecule has 0 saturated carbocycles. The van der Waals surface area contributed by atoms with Crippen LogP contribution < -0.4 is 0 Å². The molecule has 0 N–H and O–H groups in total. The van der Waals surface area contributed by atoms with E-state index in [9.17, 15) is 4.79 Å². The Morgan fingerprint density at radius 2 is 2.00 bits per heavy atom. The molecule has 2 aliphatic rings. The zero-order valence-electron chi connectivity index (χ0n) is 13.8. The van der Waals surface area contributed by atoms with Crippen LogP contribution in [-0.2, 0) is 9.47 Å². The Kier molecular flexibility index (Phi) is 5.88. The Morgan fingerprint density at radius 3 is 2.67 bits per heavy atom. The number of hydrogen-bond acceptors (Lipinski definition) is 4. The van der Waals surface area contributed by atoms with Crippen LogP contribution in [0, 0.1) is 0 Å². The second-order valence-electron chi connectivity index (χ2n) is 7.09. The SMILES string of the molecule is CC(C)(C)OC(=O)N1CCCN(CCC2CCCO2)CC1. The second-order valence-corrected chi connectivity index (χ2v) is 7.09. The monoisotopic (exact) mass is 298 g/mol. The van der Waals surface area contributed by atoms with E-state index in [4.69, 9.17) is 9.47 Å². The number of ether oxygens (including phenoxy) is 2. The van der Waals surface area contributed by atoms with Gasteiger partial charge in [0.25, 0.3) is 0 Å². The molecule has 1 unspecified atom stereocenters. The van der Waals surface area contributed by atoms with E-state index in [1.165, 1.54) is 12.8 Å². The summed E-state index contributed by atoms with van der Waals surface area (Å²) in [5, 5.41) is 0. The van der Waals surface area contributed by atoms with Crippen molar-refractivity contribution in [3.63, 3.8) is 0 Å². The van der Waals surface area contributed by atoms with Gasteiger partial charge in [0, 0.05) is 32.8 Å². The lowest BCUT2D eigenvalue weighted by Crippen LogP contribution is -2.39. The maximum absolute atomic E-state index is 12.1. The van der Waals surface area contributed by atoms with Crippen LogP contribution in [0.3, 0.4) is 0 Å². The fourth-order valence-corrected chi connectivity index (χ4v) is 2.90. The van der Waals surface area contributed by atoms with Crippen molar-refractivity contribution >= 4 is 6.09 Å². The van der Waals surface area contributed by atoms with E-state index in [1.807, 2.05) is 25.7 Å². The summed E-state index contributed by atoms with van der Waals surface area (Å²) in [7, 11) is 0. The van der Waals surface area contributed by atoms with Gasteiger partial charge in [-0.3, -0.25) is 0 Å². The van der Waals surface area contributed by atoms with E-state index >= 15 is 0 Å². The number of carbonyl (C=O) groups excluding carboxylic acids is 1. The van der Waals surface area contributed by atoms with Crippen LogP contribution in [0.15, 0.2) is 0 Å². The van der Waals surface area contributed by atoms with Crippen molar-refractivity contribution in [2.75, 3.05) is 39.3 Å².